The third-order valence-electron chi connectivity index (χ3n) is 1.47. The number of hydrogen-bond acceptors (Lipinski definition) is 2. The first-order chi connectivity index (χ1) is 5.24. The summed E-state index contributed by atoms with van der Waals surface area (Å²) >= 11 is 0. The fourth-order valence-corrected chi connectivity index (χ4v) is 0.785. The van der Waals surface area contributed by atoms with Gasteiger partial charge in [-0.2, -0.15) is 0 Å². The summed E-state index contributed by atoms with van der Waals surface area (Å²) < 4.78 is 0. The Morgan fingerprint density at radius 1 is 1.64 bits per heavy atom. The Labute approximate surface area is 66.2 Å². The lowest BCUT2D eigenvalue weighted by atomic mass is 10.2. The van der Waals surface area contributed by atoms with Crippen LogP contribution in [0.3, 0.4) is 0 Å². The van der Waals surface area contributed by atoms with Crippen LogP contribution in [0, 0.1) is 0 Å². The molecule has 0 aliphatic carbocycles. The maximum absolute atomic E-state index is 9.10. The summed E-state index contributed by atoms with van der Waals surface area (Å²) in [7, 11) is 0. The number of aliphatic hydroxyl groups excluding tert-OH is 1. The number of nitrogens with zero attached hydrogens (tertiary/aromatic N) is 1. The summed E-state index contributed by atoms with van der Waals surface area (Å²) in [6.07, 6.45) is 2.92. The van der Waals surface area contributed by atoms with E-state index in [9.17, 15) is 0 Å². The Bertz CT molecular complexity index is 238. The third-order valence-corrected chi connectivity index (χ3v) is 1.47. The zero-order chi connectivity index (χ0) is 8.27. The Kier molecular flexibility index (Phi) is 2.39. The van der Waals surface area contributed by atoms with Gasteiger partial charge in [-0.15, -0.1) is 0 Å². The Morgan fingerprint density at radius 3 is 2.73 bits per heavy atom. The molecule has 1 rings (SSSR count). The van der Waals surface area contributed by atoms with Crippen molar-refractivity contribution in [3.63, 3.8) is 0 Å². The van der Waals surface area contributed by atoms with Gasteiger partial charge in [-0.05, 0) is 18.6 Å². The zero-order valence-electron chi connectivity index (χ0n) is 6.49. The Hall–Kier alpha value is -1.15. The highest BCUT2D eigenvalue weighted by Crippen LogP contribution is 2.09. The van der Waals surface area contributed by atoms with Crippen LogP contribution in [0.2, 0.25) is 0 Å². The van der Waals surface area contributed by atoms with E-state index in [4.69, 9.17) is 5.11 Å². The molecule has 2 heteroatoms. The summed E-state index contributed by atoms with van der Waals surface area (Å²) in [6.45, 7) is 5.29. The Balaban J connectivity index is 2.91. The summed E-state index contributed by atoms with van der Waals surface area (Å²) in [4.78, 5) is 4.03. The molecule has 1 aromatic heterocycles. The van der Waals surface area contributed by atoms with E-state index in [0.717, 1.165) is 5.56 Å². The van der Waals surface area contributed by atoms with E-state index < -0.39 is 6.10 Å². The first-order valence-electron chi connectivity index (χ1n) is 3.50. The van der Waals surface area contributed by atoms with Crippen molar-refractivity contribution in [3.8, 4) is 0 Å². The van der Waals surface area contributed by atoms with Crippen LogP contribution in [0.15, 0.2) is 24.9 Å². The molecule has 0 spiro atoms. The standard InChI is InChI=1S/C9H11NO/c1-3-8-4-5-9(7(2)11)10-6-8/h3-7,11H,1H2,2H3. The number of aromatic nitrogens is 1. The van der Waals surface area contributed by atoms with E-state index in [1.54, 1.807) is 25.3 Å². The van der Waals surface area contributed by atoms with Gasteiger partial charge in [-0.3, -0.25) is 4.98 Å². The van der Waals surface area contributed by atoms with Gasteiger partial charge in [0.1, 0.15) is 0 Å². The van der Waals surface area contributed by atoms with E-state index in [1.807, 2.05) is 6.07 Å². The molecular weight excluding hydrogens is 138 g/mol. The van der Waals surface area contributed by atoms with Crippen LogP contribution in [0.5, 0.6) is 0 Å². The molecule has 0 saturated carbocycles. The van der Waals surface area contributed by atoms with E-state index in [0.29, 0.717) is 5.69 Å². The van der Waals surface area contributed by atoms with Crippen molar-refractivity contribution in [1.29, 1.82) is 0 Å². The van der Waals surface area contributed by atoms with Crippen molar-refractivity contribution in [2.45, 2.75) is 13.0 Å². The number of hydrogen-bond donors (Lipinski definition) is 1. The molecule has 58 valence electrons. The summed E-state index contributed by atoms with van der Waals surface area (Å²) in [5.74, 6) is 0. The van der Waals surface area contributed by atoms with Crippen molar-refractivity contribution in [2.75, 3.05) is 0 Å². The van der Waals surface area contributed by atoms with Gasteiger partial charge in [0, 0.05) is 6.20 Å². The summed E-state index contributed by atoms with van der Waals surface area (Å²) in [6, 6.07) is 3.67. The summed E-state index contributed by atoms with van der Waals surface area (Å²) in [5.41, 5.74) is 1.66. The number of aliphatic hydroxyl groups is 1. The third kappa shape index (κ3) is 1.88. The van der Waals surface area contributed by atoms with Gasteiger partial charge >= 0.3 is 0 Å². The SMILES string of the molecule is C=Cc1ccc(C(C)O)nc1. The molecule has 1 atom stereocenters. The summed E-state index contributed by atoms with van der Waals surface area (Å²) in [5, 5.41) is 9.10. The zero-order valence-corrected chi connectivity index (χ0v) is 6.49. The molecule has 0 aliphatic heterocycles. The van der Waals surface area contributed by atoms with Crippen molar-refractivity contribution >= 4 is 6.08 Å². The lowest BCUT2D eigenvalue weighted by Gasteiger charge is -2.02. The molecule has 1 aromatic rings. The highest BCUT2D eigenvalue weighted by atomic mass is 16.3. The quantitative estimate of drug-likeness (QED) is 0.695. The van der Waals surface area contributed by atoms with E-state index in [1.165, 1.54) is 0 Å². The number of rotatable bonds is 2. The molecule has 0 amide bonds. The molecule has 2 nitrogen and oxygen atoms in total. The van der Waals surface area contributed by atoms with E-state index in [-0.39, 0.29) is 0 Å². The second kappa shape index (κ2) is 3.30. The number of pyridine rings is 1. The maximum atomic E-state index is 9.10. The lowest BCUT2D eigenvalue weighted by Crippen LogP contribution is -1.94. The van der Waals surface area contributed by atoms with Gasteiger partial charge in [-0.1, -0.05) is 18.7 Å². The highest BCUT2D eigenvalue weighted by molar-refractivity contribution is 5.44. The van der Waals surface area contributed by atoms with Crippen LogP contribution < -0.4 is 0 Å². The van der Waals surface area contributed by atoms with Crippen LogP contribution in [0.1, 0.15) is 24.3 Å². The molecule has 0 aliphatic rings. The van der Waals surface area contributed by atoms with Gasteiger partial charge in [0.15, 0.2) is 0 Å². The smallest absolute Gasteiger partial charge is 0.0931 e. The molecule has 0 radical (unpaired) electrons. The molecule has 11 heavy (non-hydrogen) atoms. The normalized spacial score (nSPS) is 12.5. The minimum atomic E-state index is -0.492. The van der Waals surface area contributed by atoms with E-state index >= 15 is 0 Å². The van der Waals surface area contributed by atoms with Crippen molar-refractivity contribution in [2.24, 2.45) is 0 Å². The fraction of sp³-hybridized carbons (Fsp3) is 0.222. The lowest BCUT2D eigenvalue weighted by molar-refractivity contribution is 0.194. The largest absolute Gasteiger partial charge is 0.387 e. The second-order valence-corrected chi connectivity index (χ2v) is 2.40. The molecule has 1 heterocycles. The molecule has 1 unspecified atom stereocenters. The predicted molar refractivity (Wildman–Crippen MR) is 45.0 cm³/mol. The molecule has 0 saturated heterocycles. The first kappa shape index (κ1) is 7.95. The maximum Gasteiger partial charge on any atom is 0.0931 e. The average Bonchev–Trinajstić information content (AvgIpc) is 2.05. The van der Waals surface area contributed by atoms with Crippen molar-refractivity contribution in [3.05, 3.63) is 36.2 Å². The monoisotopic (exact) mass is 149 g/mol. The predicted octanol–water partition coefficient (Wildman–Crippen LogP) is 1.78. The van der Waals surface area contributed by atoms with Crippen LogP contribution in [0.4, 0.5) is 0 Å². The van der Waals surface area contributed by atoms with Crippen LogP contribution in [-0.4, -0.2) is 10.1 Å². The average molecular weight is 149 g/mol. The van der Waals surface area contributed by atoms with Crippen LogP contribution >= 0.6 is 0 Å². The van der Waals surface area contributed by atoms with Crippen LogP contribution in [0.25, 0.3) is 6.08 Å². The first-order valence-corrected chi connectivity index (χ1v) is 3.50. The molecule has 0 aromatic carbocycles. The van der Waals surface area contributed by atoms with Gasteiger partial charge in [0.25, 0.3) is 0 Å². The minimum Gasteiger partial charge on any atom is -0.387 e. The molecular formula is C9H11NO. The van der Waals surface area contributed by atoms with Crippen molar-refractivity contribution in [1.82, 2.24) is 4.98 Å². The van der Waals surface area contributed by atoms with Crippen LogP contribution in [-0.2, 0) is 0 Å². The van der Waals surface area contributed by atoms with Gasteiger partial charge in [0.05, 0.1) is 11.8 Å². The molecule has 1 N–H and O–H groups in total. The van der Waals surface area contributed by atoms with Gasteiger partial charge in [-0.25, -0.2) is 0 Å². The fourth-order valence-electron chi connectivity index (χ4n) is 0.785. The molecule has 0 bridgehead atoms. The van der Waals surface area contributed by atoms with E-state index in [2.05, 4.69) is 11.6 Å². The second-order valence-electron chi connectivity index (χ2n) is 2.40. The Morgan fingerprint density at radius 2 is 2.36 bits per heavy atom. The van der Waals surface area contributed by atoms with Crippen molar-refractivity contribution < 1.29 is 5.11 Å². The van der Waals surface area contributed by atoms with Gasteiger partial charge in [0.2, 0.25) is 0 Å². The molecule has 0 fully saturated rings. The minimum absolute atomic E-state index is 0.492. The van der Waals surface area contributed by atoms with Gasteiger partial charge < -0.3 is 5.11 Å². The highest BCUT2D eigenvalue weighted by Gasteiger charge is 1.99. The topological polar surface area (TPSA) is 33.1 Å².